The molecule has 0 saturated heterocycles. The summed E-state index contributed by atoms with van der Waals surface area (Å²) in [6, 6.07) is 6.85. The van der Waals surface area contributed by atoms with E-state index in [9.17, 15) is 0 Å². The zero-order chi connectivity index (χ0) is 12.4. The van der Waals surface area contributed by atoms with Crippen molar-refractivity contribution in [2.45, 2.75) is 0 Å². The lowest BCUT2D eigenvalue weighted by atomic mass is 10.3. The molecule has 0 bridgehead atoms. The molecule has 0 aliphatic heterocycles. The minimum Gasteiger partial charge on any atom is -0.436 e. The summed E-state index contributed by atoms with van der Waals surface area (Å²) < 4.78 is 7.17. The van der Waals surface area contributed by atoms with Crippen LogP contribution in [0, 0.1) is 0 Å². The van der Waals surface area contributed by atoms with Gasteiger partial charge in [-0.2, -0.15) is 0 Å². The van der Waals surface area contributed by atoms with E-state index in [0.29, 0.717) is 21.7 Å². The van der Waals surface area contributed by atoms with Crippen LogP contribution in [-0.2, 0) is 0 Å². The summed E-state index contributed by atoms with van der Waals surface area (Å²) in [4.78, 5) is 4.13. The number of rotatable bonds is 2. The topological polar surface area (TPSA) is 22.1 Å². The van der Waals surface area contributed by atoms with E-state index in [1.165, 1.54) is 0 Å². The fourth-order valence-electron chi connectivity index (χ4n) is 1.14. The van der Waals surface area contributed by atoms with Crippen LogP contribution in [0.5, 0.6) is 11.6 Å². The molecule has 0 atom stereocenters. The van der Waals surface area contributed by atoms with Gasteiger partial charge in [0, 0.05) is 15.7 Å². The Bertz CT molecular complexity index is 514. The molecular weight excluding hydrogens is 393 g/mol. The highest BCUT2D eigenvalue weighted by atomic mass is 79.9. The first-order chi connectivity index (χ1) is 8.06. The molecule has 2 nitrogen and oxygen atoms in total. The van der Waals surface area contributed by atoms with Crippen molar-refractivity contribution in [1.29, 1.82) is 0 Å². The molecule has 6 heteroatoms. The van der Waals surface area contributed by atoms with Crippen molar-refractivity contribution in [1.82, 2.24) is 4.98 Å². The molecule has 88 valence electrons. The third kappa shape index (κ3) is 3.35. The van der Waals surface area contributed by atoms with Gasteiger partial charge in [0.05, 0.1) is 9.50 Å². The number of benzene rings is 1. The van der Waals surface area contributed by atoms with Crippen LogP contribution >= 0.6 is 55.1 Å². The minimum atomic E-state index is 0.439. The van der Waals surface area contributed by atoms with Crippen molar-refractivity contribution in [3.8, 4) is 11.6 Å². The van der Waals surface area contributed by atoms with Gasteiger partial charge in [0.15, 0.2) is 0 Å². The van der Waals surface area contributed by atoms with Gasteiger partial charge in [-0.3, -0.25) is 0 Å². The van der Waals surface area contributed by atoms with Crippen LogP contribution in [0.15, 0.2) is 39.4 Å². The van der Waals surface area contributed by atoms with Gasteiger partial charge < -0.3 is 4.74 Å². The Morgan fingerprint density at radius 3 is 2.53 bits per heavy atom. The highest BCUT2D eigenvalue weighted by Crippen LogP contribution is 2.34. The lowest BCUT2D eigenvalue weighted by molar-refractivity contribution is 0.459. The molecule has 2 rings (SSSR count). The van der Waals surface area contributed by atoms with Gasteiger partial charge in [0.2, 0.25) is 5.88 Å². The Morgan fingerprint density at radius 2 is 1.88 bits per heavy atom. The van der Waals surface area contributed by atoms with Crippen LogP contribution in [0.3, 0.4) is 0 Å². The Hall–Kier alpha value is -0.290. The smallest absolute Gasteiger partial charge is 0.233 e. The normalized spacial score (nSPS) is 10.4. The average Bonchev–Trinajstić information content (AvgIpc) is 2.25. The number of hydrogen-bond donors (Lipinski definition) is 0. The third-order valence-corrected chi connectivity index (χ3v) is 3.41. The summed E-state index contributed by atoms with van der Waals surface area (Å²) in [5.74, 6) is 0.948. The maximum atomic E-state index is 6.00. The van der Waals surface area contributed by atoms with E-state index in [-0.39, 0.29) is 0 Å². The summed E-state index contributed by atoms with van der Waals surface area (Å²) in [6.07, 6.45) is 1.64. The Morgan fingerprint density at radius 1 is 1.12 bits per heavy atom. The lowest BCUT2D eigenvalue weighted by Crippen LogP contribution is -1.89. The van der Waals surface area contributed by atoms with Crippen molar-refractivity contribution in [3.63, 3.8) is 0 Å². The number of hydrogen-bond acceptors (Lipinski definition) is 2. The molecule has 0 spiro atoms. The highest BCUT2D eigenvalue weighted by molar-refractivity contribution is 9.11. The molecule has 0 amide bonds. The van der Waals surface area contributed by atoms with Crippen LogP contribution in [0.1, 0.15) is 0 Å². The Kier molecular flexibility index (Phi) is 4.31. The molecule has 0 aliphatic carbocycles. The second-order valence-corrected chi connectivity index (χ2v) is 5.73. The van der Waals surface area contributed by atoms with Crippen molar-refractivity contribution < 1.29 is 4.74 Å². The zero-order valence-corrected chi connectivity index (χ0v) is 12.9. The minimum absolute atomic E-state index is 0.439. The van der Waals surface area contributed by atoms with Crippen molar-refractivity contribution in [2.75, 3.05) is 0 Å². The fourth-order valence-corrected chi connectivity index (χ4v) is 2.65. The Balaban J connectivity index is 2.31. The standard InChI is InChI=1S/C11H5Br2Cl2NO/c12-6-3-8(13)11(16-5-6)17-10-2-1-7(14)4-9(10)15/h1-5H. The average molecular weight is 398 g/mol. The summed E-state index contributed by atoms with van der Waals surface area (Å²) >= 11 is 18.5. The van der Waals surface area contributed by atoms with Crippen molar-refractivity contribution >= 4 is 55.1 Å². The van der Waals surface area contributed by atoms with Gasteiger partial charge >= 0.3 is 0 Å². The Labute approximate surface area is 125 Å². The summed E-state index contributed by atoms with van der Waals surface area (Å²) in [5, 5.41) is 0.999. The SMILES string of the molecule is Clc1ccc(Oc2ncc(Br)cc2Br)c(Cl)c1. The molecular formula is C11H5Br2Cl2NO. The molecule has 2 aromatic rings. The molecule has 1 heterocycles. The van der Waals surface area contributed by atoms with E-state index in [2.05, 4.69) is 36.8 Å². The number of halogens is 4. The van der Waals surface area contributed by atoms with E-state index in [0.717, 1.165) is 8.95 Å². The second-order valence-electron chi connectivity index (χ2n) is 3.12. The third-order valence-electron chi connectivity index (χ3n) is 1.87. The van der Waals surface area contributed by atoms with Crippen LogP contribution in [0.2, 0.25) is 10.0 Å². The maximum absolute atomic E-state index is 6.00. The highest BCUT2D eigenvalue weighted by Gasteiger charge is 2.08. The predicted molar refractivity (Wildman–Crippen MR) is 76.2 cm³/mol. The van der Waals surface area contributed by atoms with Crippen LogP contribution < -0.4 is 4.74 Å². The van der Waals surface area contributed by atoms with Crippen molar-refractivity contribution in [2.24, 2.45) is 0 Å². The van der Waals surface area contributed by atoms with Crippen molar-refractivity contribution in [3.05, 3.63) is 49.5 Å². The van der Waals surface area contributed by atoms with E-state index in [1.807, 2.05) is 6.07 Å². The van der Waals surface area contributed by atoms with Crippen LogP contribution in [0.25, 0.3) is 0 Å². The molecule has 0 saturated carbocycles. The largest absolute Gasteiger partial charge is 0.436 e. The zero-order valence-electron chi connectivity index (χ0n) is 8.25. The monoisotopic (exact) mass is 395 g/mol. The van der Waals surface area contributed by atoms with E-state index in [1.54, 1.807) is 24.4 Å². The lowest BCUT2D eigenvalue weighted by Gasteiger charge is -2.08. The fraction of sp³-hybridized carbons (Fsp3) is 0. The van der Waals surface area contributed by atoms with E-state index in [4.69, 9.17) is 27.9 Å². The van der Waals surface area contributed by atoms with Gasteiger partial charge in [-0.1, -0.05) is 23.2 Å². The maximum Gasteiger partial charge on any atom is 0.233 e. The first-order valence-electron chi connectivity index (χ1n) is 4.50. The van der Waals surface area contributed by atoms with E-state index >= 15 is 0 Å². The number of ether oxygens (including phenoxy) is 1. The molecule has 0 fully saturated rings. The first-order valence-corrected chi connectivity index (χ1v) is 6.84. The summed E-state index contributed by atoms with van der Waals surface area (Å²) in [5.41, 5.74) is 0. The van der Waals surface area contributed by atoms with Gasteiger partial charge in [-0.25, -0.2) is 4.98 Å². The molecule has 17 heavy (non-hydrogen) atoms. The van der Waals surface area contributed by atoms with E-state index < -0.39 is 0 Å². The van der Waals surface area contributed by atoms with Crippen LogP contribution in [-0.4, -0.2) is 4.98 Å². The number of pyridine rings is 1. The summed E-state index contributed by atoms with van der Waals surface area (Å²) in [6.45, 7) is 0. The molecule has 1 aromatic heterocycles. The molecule has 0 N–H and O–H groups in total. The van der Waals surface area contributed by atoms with Gasteiger partial charge in [0.1, 0.15) is 5.75 Å². The molecule has 0 aliphatic rings. The number of nitrogens with zero attached hydrogens (tertiary/aromatic N) is 1. The molecule has 0 unspecified atom stereocenters. The number of aromatic nitrogens is 1. The quantitative estimate of drug-likeness (QED) is 0.647. The second kappa shape index (κ2) is 5.57. The summed E-state index contributed by atoms with van der Waals surface area (Å²) in [7, 11) is 0. The first kappa shape index (κ1) is 13.1. The van der Waals surface area contributed by atoms with Gasteiger partial charge in [0.25, 0.3) is 0 Å². The van der Waals surface area contributed by atoms with Gasteiger partial charge in [-0.05, 0) is 56.1 Å². The van der Waals surface area contributed by atoms with Crippen LogP contribution in [0.4, 0.5) is 0 Å². The predicted octanol–water partition coefficient (Wildman–Crippen LogP) is 5.71. The molecule has 0 radical (unpaired) electrons. The van der Waals surface area contributed by atoms with Gasteiger partial charge in [-0.15, -0.1) is 0 Å². The molecule has 1 aromatic carbocycles.